The summed E-state index contributed by atoms with van der Waals surface area (Å²) in [7, 11) is 0. The monoisotopic (exact) mass is 889 g/mol. The average Bonchev–Trinajstić information content (AvgIpc) is 3.84. The second kappa shape index (κ2) is 16.2. The molecule has 0 N–H and O–H groups in total. The van der Waals surface area contributed by atoms with Crippen LogP contribution >= 0.6 is 0 Å². The standard InChI is InChI=1S/C68H43NO/c1-2-13-47(14-3-1)63-19-10-20-64-66-62-18-9-8-17-59(62)43-65(68(66)70-67(63)64)69(61-36-33-57-41-56(29-30-58(57)42-61)52-24-22-45-12-5-7-16-49(45)38-52)60-34-31-46(32-35-60)50-25-26-54-40-55(28-27-53(54)39-50)51-23-21-44-11-4-6-15-48(44)37-51/h1-43H. The van der Waals surface area contributed by atoms with E-state index < -0.39 is 0 Å². The lowest BCUT2D eigenvalue weighted by atomic mass is 9.96. The van der Waals surface area contributed by atoms with Gasteiger partial charge in [-0.05, 0) is 153 Å². The van der Waals surface area contributed by atoms with Gasteiger partial charge in [0.2, 0.25) is 0 Å². The molecule has 0 aliphatic carbocycles. The van der Waals surface area contributed by atoms with Gasteiger partial charge >= 0.3 is 0 Å². The Morgan fingerprint density at radius 2 is 0.671 bits per heavy atom. The van der Waals surface area contributed by atoms with Gasteiger partial charge in [-0.15, -0.1) is 0 Å². The minimum Gasteiger partial charge on any atom is -0.453 e. The number of nitrogens with zero attached hydrogens (tertiary/aromatic N) is 1. The number of anilines is 3. The zero-order valence-electron chi connectivity index (χ0n) is 38.2. The Bertz CT molecular complexity index is 4350. The number of rotatable bonds is 7. The Hall–Kier alpha value is -9.24. The molecule has 0 fully saturated rings. The predicted octanol–water partition coefficient (Wildman–Crippen LogP) is 19.5. The van der Waals surface area contributed by atoms with Gasteiger partial charge in [0.05, 0.1) is 5.69 Å². The normalized spacial score (nSPS) is 11.7. The minimum atomic E-state index is 0.852. The molecule has 0 atom stereocenters. The van der Waals surface area contributed by atoms with Gasteiger partial charge < -0.3 is 9.32 Å². The van der Waals surface area contributed by atoms with Crippen molar-refractivity contribution in [2.75, 3.05) is 4.90 Å². The summed E-state index contributed by atoms with van der Waals surface area (Å²) in [5.41, 5.74) is 14.2. The third-order valence-corrected chi connectivity index (χ3v) is 14.3. The average molecular weight is 890 g/mol. The van der Waals surface area contributed by atoms with E-state index in [1.807, 2.05) is 0 Å². The molecule has 13 aromatic carbocycles. The van der Waals surface area contributed by atoms with Gasteiger partial charge in [-0.1, -0.05) is 200 Å². The first-order valence-electron chi connectivity index (χ1n) is 24.0. The fraction of sp³-hybridized carbons (Fsp3) is 0. The smallest absolute Gasteiger partial charge is 0.160 e. The van der Waals surface area contributed by atoms with Crippen LogP contribution in [-0.4, -0.2) is 0 Å². The lowest BCUT2D eigenvalue weighted by Crippen LogP contribution is -2.10. The SMILES string of the molecule is c1ccc(-c2cccc3c2oc2c(N(c4ccc(-c5ccc6cc(-c7ccc8ccccc8c7)ccc6c5)cc4)c4ccc5cc(-c6ccc7ccccc7c6)ccc5c4)cc4ccccc4c23)cc1. The van der Waals surface area contributed by atoms with Gasteiger partial charge in [-0.3, -0.25) is 0 Å². The summed E-state index contributed by atoms with van der Waals surface area (Å²) in [6, 6.07) is 95.0. The molecule has 0 radical (unpaired) electrons. The van der Waals surface area contributed by atoms with Crippen LogP contribution < -0.4 is 4.90 Å². The van der Waals surface area contributed by atoms with Crippen molar-refractivity contribution in [3.05, 3.63) is 261 Å². The highest BCUT2D eigenvalue weighted by Gasteiger charge is 2.24. The minimum absolute atomic E-state index is 0.852. The van der Waals surface area contributed by atoms with Crippen LogP contribution in [0, 0.1) is 0 Å². The molecule has 0 unspecified atom stereocenters. The zero-order chi connectivity index (χ0) is 46.1. The number of fused-ring (bicyclic) bond motifs is 9. The maximum absolute atomic E-state index is 7.23. The Labute approximate surface area is 405 Å². The molecular weight excluding hydrogens is 847 g/mol. The number of hydrogen-bond donors (Lipinski definition) is 0. The largest absolute Gasteiger partial charge is 0.453 e. The molecule has 0 amide bonds. The van der Waals surface area contributed by atoms with Crippen LogP contribution in [0.25, 0.3) is 120 Å². The van der Waals surface area contributed by atoms with Gasteiger partial charge in [0.25, 0.3) is 0 Å². The molecule has 0 saturated heterocycles. The Kier molecular flexibility index (Phi) is 9.25. The molecule has 0 bridgehead atoms. The van der Waals surface area contributed by atoms with Crippen molar-refractivity contribution in [2.45, 2.75) is 0 Å². The van der Waals surface area contributed by atoms with Crippen molar-refractivity contribution in [1.29, 1.82) is 0 Å². The fourth-order valence-corrected chi connectivity index (χ4v) is 10.8. The molecule has 1 aromatic heterocycles. The first-order valence-corrected chi connectivity index (χ1v) is 24.0. The van der Waals surface area contributed by atoms with E-state index in [1.165, 1.54) is 70.9 Å². The summed E-state index contributed by atoms with van der Waals surface area (Å²) in [6.45, 7) is 0. The highest BCUT2D eigenvalue weighted by Crippen LogP contribution is 2.48. The molecule has 14 rings (SSSR count). The van der Waals surface area contributed by atoms with Crippen molar-refractivity contribution in [3.63, 3.8) is 0 Å². The van der Waals surface area contributed by atoms with Gasteiger partial charge in [-0.25, -0.2) is 0 Å². The number of para-hydroxylation sites is 1. The van der Waals surface area contributed by atoms with Crippen LogP contribution in [0.1, 0.15) is 0 Å². The number of furan rings is 1. The first-order chi connectivity index (χ1) is 34.6. The van der Waals surface area contributed by atoms with E-state index in [9.17, 15) is 0 Å². The number of benzene rings is 13. The van der Waals surface area contributed by atoms with Crippen LogP contribution in [0.3, 0.4) is 0 Å². The lowest BCUT2D eigenvalue weighted by Gasteiger charge is -2.27. The summed E-state index contributed by atoms with van der Waals surface area (Å²) >= 11 is 0. The summed E-state index contributed by atoms with van der Waals surface area (Å²) in [5.74, 6) is 0. The van der Waals surface area contributed by atoms with Gasteiger partial charge in [0.15, 0.2) is 5.58 Å². The molecule has 326 valence electrons. The molecule has 0 aliphatic rings. The Morgan fingerprint density at radius 3 is 1.27 bits per heavy atom. The van der Waals surface area contributed by atoms with Crippen molar-refractivity contribution in [3.8, 4) is 44.5 Å². The van der Waals surface area contributed by atoms with E-state index in [-0.39, 0.29) is 0 Å². The van der Waals surface area contributed by atoms with E-state index in [4.69, 9.17) is 4.42 Å². The molecule has 2 heteroatoms. The topological polar surface area (TPSA) is 16.4 Å². The van der Waals surface area contributed by atoms with E-state index in [0.29, 0.717) is 0 Å². The molecular formula is C68H43NO. The van der Waals surface area contributed by atoms with Crippen molar-refractivity contribution < 1.29 is 4.42 Å². The molecule has 2 nitrogen and oxygen atoms in total. The lowest BCUT2D eigenvalue weighted by molar-refractivity contribution is 0.670. The predicted molar refractivity (Wildman–Crippen MR) is 298 cm³/mol. The third-order valence-electron chi connectivity index (χ3n) is 14.3. The second-order valence-corrected chi connectivity index (χ2v) is 18.5. The van der Waals surface area contributed by atoms with Crippen LogP contribution in [0.2, 0.25) is 0 Å². The highest BCUT2D eigenvalue weighted by atomic mass is 16.3. The summed E-state index contributed by atoms with van der Waals surface area (Å²) in [6.07, 6.45) is 0. The van der Waals surface area contributed by atoms with Crippen LogP contribution in [0.4, 0.5) is 17.1 Å². The summed E-state index contributed by atoms with van der Waals surface area (Å²) < 4.78 is 7.23. The van der Waals surface area contributed by atoms with Crippen molar-refractivity contribution in [1.82, 2.24) is 0 Å². The molecule has 14 aromatic rings. The van der Waals surface area contributed by atoms with Gasteiger partial charge in [-0.2, -0.15) is 0 Å². The fourth-order valence-electron chi connectivity index (χ4n) is 10.8. The van der Waals surface area contributed by atoms with Crippen molar-refractivity contribution in [2.24, 2.45) is 0 Å². The first kappa shape index (κ1) is 39.9. The summed E-state index contributed by atoms with van der Waals surface area (Å²) in [5, 5.41) is 14.3. The highest BCUT2D eigenvalue weighted by molar-refractivity contribution is 6.24. The maximum Gasteiger partial charge on any atom is 0.160 e. The maximum atomic E-state index is 7.23. The Morgan fingerprint density at radius 1 is 0.243 bits per heavy atom. The molecule has 0 aliphatic heterocycles. The van der Waals surface area contributed by atoms with E-state index >= 15 is 0 Å². The second-order valence-electron chi connectivity index (χ2n) is 18.5. The molecule has 0 spiro atoms. The summed E-state index contributed by atoms with van der Waals surface area (Å²) in [4.78, 5) is 2.38. The van der Waals surface area contributed by atoms with E-state index in [2.05, 4.69) is 266 Å². The third kappa shape index (κ3) is 6.80. The number of hydrogen-bond acceptors (Lipinski definition) is 2. The van der Waals surface area contributed by atoms with Gasteiger partial charge in [0, 0.05) is 27.7 Å². The van der Waals surface area contributed by atoms with E-state index in [1.54, 1.807) is 0 Å². The quantitative estimate of drug-likeness (QED) is 0.159. The van der Waals surface area contributed by atoms with Gasteiger partial charge in [0.1, 0.15) is 5.58 Å². The van der Waals surface area contributed by atoms with Crippen LogP contribution in [0.5, 0.6) is 0 Å². The molecule has 1 heterocycles. The molecule has 0 saturated carbocycles. The van der Waals surface area contributed by atoms with Crippen molar-refractivity contribution >= 4 is 92.9 Å². The van der Waals surface area contributed by atoms with Crippen LogP contribution in [-0.2, 0) is 0 Å². The Balaban J connectivity index is 0.904. The molecule has 70 heavy (non-hydrogen) atoms. The van der Waals surface area contributed by atoms with E-state index in [0.717, 1.165) is 66.5 Å². The zero-order valence-corrected chi connectivity index (χ0v) is 38.2. The van der Waals surface area contributed by atoms with Crippen LogP contribution in [0.15, 0.2) is 265 Å².